The van der Waals surface area contributed by atoms with Crippen LogP contribution < -0.4 is 10.6 Å². The Labute approximate surface area is 132 Å². The van der Waals surface area contributed by atoms with E-state index >= 15 is 0 Å². The minimum absolute atomic E-state index is 0.0145. The molecular formula is C16H13ClFN3O. The number of carbonyl (C=O) groups excluding carboxylic acids is 1. The van der Waals surface area contributed by atoms with Crippen LogP contribution in [0.2, 0.25) is 5.02 Å². The lowest BCUT2D eigenvalue weighted by molar-refractivity contribution is -0.116. The van der Waals surface area contributed by atoms with Gasteiger partial charge in [0, 0.05) is 11.4 Å². The zero-order valence-electron chi connectivity index (χ0n) is 11.7. The summed E-state index contributed by atoms with van der Waals surface area (Å²) in [5.41, 5.74) is 1.54. The van der Waals surface area contributed by atoms with Crippen molar-refractivity contribution in [2.75, 3.05) is 10.6 Å². The summed E-state index contributed by atoms with van der Waals surface area (Å²) in [4.78, 5) is 12.1. The van der Waals surface area contributed by atoms with Crippen molar-refractivity contribution >= 4 is 28.9 Å². The number of anilines is 2. The number of benzene rings is 2. The molecule has 2 aromatic rings. The van der Waals surface area contributed by atoms with Crippen LogP contribution in [-0.2, 0) is 4.79 Å². The summed E-state index contributed by atoms with van der Waals surface area (Å²) in [6.45, 7) is 1.67. The number of amides is 1. The fourth-order valence-electron chi connectivity index (χ4n) is 1.82. The molecule has 2 rings (SSSR count). The monoisotopic (exact) mass is 317 g/mol. The number of nitriles is 1. The molecule has 1 atom stereocenters. The van der Waals surface area contributed by atoms with Crippen LogP contribution in [0.1, 0.15) is 12.5 Å². The summed E-state index contributed by atoms with van der Waals surface area (Å²) in [6.07, 6.45) is 0. The van der Waals surface area contributed by atoms with E-state index in [4.69, 9.17) is 16.9 Å². The average Bonchev–Trinajstić information content (AvgIpc) is 2.51. The summed E-state index contributed by atoms with van der Waals surface area (Å²) >= 11 is 5.69. The highest BCUT2D eigenvalue weighted by Crippen LogP contribution is 2.20. The van der Waals surface area contributed by atoms with Gasteiger partial charge in [0.2, 0.25) is 5.91 Å². The van der Waals surface area contributed by atoms with E-state index in [2.05, 4.69) is 10.6 Å². The van der Waals surface area contributed by atoms with Crippen LogP contribution in [0.4, 0.5) is 15.8 Å². The van der Waals surface area contributed by atoms with E-state index in [1.807, 2.05) is 6.07 Å². The summed E-state index contributed by atoms with van der Waals surface area (Å²) in [5, 5.41) is 14.4. The van der Waals surface area contributed by atoms with Crippen LogP contribution >= 0.6 is 11.6 Å². The molecule has 0 unspecified atom stereocenters. The summed E-state index contributed by atoms with van der Waals surface area (Å²) in [5.74, 6) is -0.798. The predicted octanol–water partition coefficient (Wildman–Crippen LogP) is 3.79. The van der Waals surface area contributed by atoms with Crippen molar-refractivity contribution in [1.82, 2.24) is 0 Å². The third kappa shape index (κ3) is 3.96. The molecule has 4 nitrogen and oxygen atoms in total. The molecule has 6 heteroatoms. The number of hydrogen-bond donors (Lipinski definition) is 2. The molecule has 2 N–H and O–H groups in total. The second-order valence-corrected chi connectivity index (χ2v) is 5.08. The van der Waals surface area contributed by atoms with Crippen molar-refractivity contribution in [3.8, 4) is 6.07 Å². The predicted molar refractivity (Wildman–Crippen MR) is 84.3 cm³/mol. The lowest BCUT2D eigenvalue weighted by Gasteiger charge is -2.15. The number of carbonyl (C=O) groups is 1. The van der Waals surface area contributed by atoms with Crippen molar-refractivity contribution in [2.24, 2.45) is 0 Å². The molecule has 112 valence electrons. The molecule has 0 fully saturated rings. The Morgan fingerprint density at radius 3 is 2.73 bits per heavy atom. The highest BCUT2D eigenvalue weighted by atomic mass is 35.5. The number of rotatable bonds is 4. The van der Waals surface area contributed by atoms with E-state index in [0.717, 1.165) is 0 Å². The number of nitrogens with one attached hydrogen (secondary N) is 2. The second kappa shape index (κ2) is 6.92. The molecule has 0 bridgehead atoms. The third-order valence-corrected chi connectivity index (χ3v) is 3.24. The summed E-state index contributed by atoms with van der Waals surface area (Å²) < 4.78 is 13.1. The molecule has 0 aliphatic rings. The number of halogens is 2. The van der Waals surface area contributed by atoms with E-state index in [1.165, 1.54) is 18.2 Å². The molecule has 0 radical (unpaired) electrons. The van der Waals surface area contributed by atoms with Crippen molar-refractivity contribution < 1.29 is 9.18 Å². The minimum Gasteiger partial charge on any atom is -0.374 e. The highest BCUT2D eigenvalue weighted by Gasteiger charge is 2.13. The van der Waals surface area contributed by atoms with Crippen LogP contribution in [-0.4, -0.2) is 11.9 Å². The maximum atomic E-state index is 13.1. The SMILES string of the molecule is C[C@@H](Nc1ccc(F)c(Cl)c1)C(=O)Nc1cccc(C#N)c1. The number of nitrogens with zero attached hydrogens (tertiary/aromatic N) is 1. The van der Waals surface area contributed by atoms with Gasteiger partial charge in [-0.2, -0.15) is 5.26 Å². The molecular weight excluding hydrogens is 305 g/mol. The maximum Gasteiger partial charge on any atom is 0.246 e. The van der Waals surface area contributed by atoms with Gasteiger partial charge in [-0.1, -0.05) is 17.7 Å². The summed E-state index contributed by atoms with van der Waals surface area (Å²) in [6, 6.07) is 12.2. The Balaban J connectivity index is 2.02. The molecule has 2 aromatic carbocycles. The maximum absolute atomic E-state index is 13.1. The second-order valence-electron chi connectivity index (χ2n) is 4.68. The first-order valence-electron chi connectivity index (χ1n) is 6.52. The van der Waals surface area contributed by atoms with Crippen LogP contribution in [0.15, 0.2) is 42.5 Å². The molecule has 0 saturated heterocycles. The average molecular weight is 318 g/mol. The Morgan fingerprint density at radius 1 is 1.27 bits per heavy atom. The standard InChI is InChI=1S/C16H13ClFN3O/c1-10(20-13-5-6-15(18)14(17)8-13)16(22)21-12-4-2-3-11(7-12)9-19/h2-8,10,20H,1H3,(H,21,22)/t10-/m1/s1. The first kappa shape index (κ1) is 15.8. The fraction of sp³-hybridized carbons (Fsp3) is 0.125. The third-order valence-electron chi connectivity index (χ3n) is 2.96. The van der Waals surface area contributed by atoms with Crippen LogP contribution in [0.3, 0.4) is 0 Å². The first-order valence-corrected chi connectivity index (χ1v) is 6.90. The molecule has 0 spiro atoms. The molecule has 0 aliphatic carbocycles. The van der Waals surface area contributed by atoms with Crippen molar-refractivity contribution in [2.45, 2.75) is 13.0 Å². The molecule has 0 aromatic heterocycles. The lowest BCUT2D eigenvalue weighted by Crippen LogP contribution is -2.31. The Kier molecular flexibility index (Phi) is 4.97. The zero-order chi connectivity index (χ0) is 16.1. The molecule has 0 heterocycles. The van der Waals surface area contributed by atoms with Gasteiger partial charge < -0.3 is 10.6 Å². The van der Waals surface area contributed by atoms with E-state index in [9.17, 15) is 9.18 Å². The van der Waals surface area contributed by atoms with Gasteiger partial charge in [0.1, 0.15) is 11.9 Å². The van der Waals surface area contributed by atoms with Crippen molar-refractivity contribution in [3.63, 3.8) is 0 Å². The Hall–Kier alpha value is -2.58. The quantitative estimate of drug-likeness (QED) is 0.901. The smallest absolute Gasteiger partial charge is 0.246 e. The van der Waals surface area contributed by atoms with E-state index < -0.39 is 11.9 Å². The summed E-state index contributed by atoms with van der Waals surface area (Å²) in [7, 11) is 0. The van der Waals surface area contributed by atoms with Gasteiger partial charge in [-0.3, -0.25) is 4.79 Å². The molecule has 1 amide bonds. The van der Waals surface area contributed by atoms with Gasteiger partial charge in [0.05, 0.1) is 16.7 Å². The Morgan fingerprint density at radius 2 is 2.05 bits per heavy atom. The van der Waals surface area contributed by atoms with Gasteiger partial charge in [0.25, 0.3) is 0 Å². The van der Waals surface area contributed by atoms with Crippen molar-refractivity contribution in [1.29, 1.82) is 5.26 Å². The van der Waals surface area contributed by atoms with Gasteiger partial charge in [-0.15, -0.1) is 0 Å². The first-order chi connectivity index (χ1) is 10.5. The Bertz CT molecular complexity index is 742. The van der Waals surface area contributed by atoms with E-state index in [0.29, 0.717) is 16.9 Å². The molecule has 0 aliphatic heterocycles. The van der Waals surface area contributed by atoms with Crippen LogP contribution in [0, 0.1) is 17.1 Å². The highest BCUT2D eigenvalue weighted by molar-refractivity contribution is 6.31. The van der Waals surface area contributed by atoms with Crippen LogP contribution in [0.5, 0.6) is 0 Å². The molecule has 22 heavy (non-hydrogen) atoms. The van der Waals surface area contributed by atoms with Crippen LogP contribution in [0.25, 0.3) is 0 Å². The lowest BCUT2D eigenvalue weighted by atomic mass is 10.2. The van der Waals surface area contributed by atoms with Gasteiger partial charge >= 0.3 is 0 Å². The number of hydrogen-bond acceptors (Lipinski definition) is 3. The van der Waals surface area contributed by atoms with Gasteiger partial charge in [-0.05, 0) is 43.3 Å². The van der Waals surface area contributed by atoms with Gasteiger partial charge in [0.15, 0.2) is 0 Å². The van der Waals surface area contributed by atoms with Crippen molar-refractivity contribution in [3.05, 3.63) is 58.9 Å². The minimum atomic E-state index is -0.563. The fourth-order valence-corrected chi connectivity index (χ4v) is 2.00. The van der Waals surface area contributed by atoms with Gasteiger partial charge in [-0.25, -0.2) is 4.39 Å². The molecule has 0 saturated carbocycles. The normalized spacial score (nSPS) is 11.4. The van der Waals surface area contributed by atoms with E-state index in [1.54, 1.807) is 31.2 Å². The van der Waals surface area contributed by atoms with E-state index in [-0.39, 0.29) is 10.9 Å². The largest absolute Gasteiger partial charge is 0.374 e. The topological polar surface area (TPSA) is 64.9 Å². The zero-order valence-corrected chi connectivity index (χ0v) is 12.5.